The number of amides is 1. The summed E-state index contributed by atoms with van der Waals surface area (Å²) in [5.74, 6) is -0.696. The molecule has 0 aliphatic carbocycles. The maximum atomic E-state index is 13.0. The van der Waals surface area contributed by atoms with E-state index in [1.807, 2.05) is 32.0 Å². The second-order valence-electron chi connectivity index (χ2n) is 8.36. The summed E-state index contributed by atoms with van der Waals surface area (Å²) in [7, 11) is 1.55. The molecule has 1 aromatic carbocycles. The highest BCUT2D eigenvalue weighted by molar-refractivity contribution is 7.15. The number of benzene rings is 1. The van der Waals surface area contributed by atoms with Crippen molar-refractivity contribution < 1.29 is 24.2 Å². The summed E-state index contributed by atoms with van der Waals surface area (Å²) in [5, 5.41) is 13.2. The molecule has 3 rings (SSSR count). The summed E-state index contributed by atoms with van der Waals surface area (Å²) in [6.45, 7) is 7.73. The van der Waals surface area contributed by atoms with Crippen molar-refractivity contribution in [3.8, 4) is 16.3 Å². The number of carbonyl (C=O) groups is 2. The van der Waals surface area contributed by atoms with Gasteiger partial charge >= 0.3 is 5.97 Å². The van der Waals surface area contributed by atoms with Crippen molar-refractivity contribution in [1.82, 2.24) is 15.3 Å². The lowest BCUT2D eigenvalue weighted by atomic mass is 10.0. The quantitative estimate of drug-likeness (QED) is 0.403. The van der Waals surface area contributed by atoms with Crippen LogP contribution in [0.2, 0.25) is 0 Å². The molecule has 1 unspecified atom stereocenters. The Hall–Kier alpha value is -3.30. The zero-order valence-electron chi connectivity index (χ0n) is 20.6. The third kappa shape index (κ3) is 6.86. The highest BCUT2D eigenvalue weighted by atomic mass is 32.1. The summed E-state index contributed by atoms with van der Waals surface area (Å²) in [6.07, 6.45) is 1.62. The largest absolute Gasteiger partial charge is 0.496 e. The Morgan fingerprint density at radius 3 is 2.63 bits per heavy atom. The average Bonchev–Trinajstić information content (AvgIpc) is 3.23. The third-order valence-corrected chi connectivity index (χ3v) is 6.37. The number of aliphatic carboxylic acids is 1. The Bertz CT molecular complexity index is 1190. The van der Waals surface area contributed by atoms with Crippen LogP contribution in [0.4, 0.5) is 0 Å². The first kappa shape index (κ1) is 26.3. The van der Waals surface area contributed by atoms with E-state index < -0.39 is 12.1 Å². The molecule has 0 aliphatic rings. The van der Waals surface area contributed by atoms with Crippen LogP contribution >= 0.6 is 11.3 Å². The lowest BCUT2D eigenvalue weighted by Gasteiger charge is -2.18. The molecule has 2 N–H and O–H groups in total. The van der Waals surface area contributed by atoms with Gasteiger partial charge in [-0.3, -0.25) is 9.78 Å². The van der Waals surface area contributed by atoms with Crippen LogP contribution < -0.4 is 10.1 Å². The minimum Gasteiger partial charge on any atom is -0.496 e. The fraction of sp³-hybridized carbons (Fsp3) is 0.385. The number of carboxylic acids is 1. The predicted octanol–water partition coefficient (Wildman–Crippen LogP) is 4.44. The number of aromatic nitrogens is 2. The Kier molecular flexibility index (Phi) is 8.95. The molecular formula is C26H31N3O5S. The first-order chi connectivity index (χ1) is 16.7. The molecule has 0 saturated carbocycles. The van der Waals surface area contributed by atoms with Crippen molar-refractivity contribution in [2.45, 2.75) is 59.3 Å². The second kappa shape index (κ2) is 11.9. The van der Waals surface area contributed by atoms with E-state index in [2.05, 4.69) is 15.3 Å². The number of nitrogens with one attached hydrogen (secondary N) is 1. The molecule has 0 saturated heterocycles. The summed E-state index contributed by atoms with van der Waals surface area (Å²) in [6, 6.07) is 9.29. The number of nitrogens with zero attached hydrogens (tertiary/aromatic N) is 2. The number of aryl methyl sites for hydroxylation is 2. The van der Waals surface area contributed by atoms with E-state index in [0.29, 0.717) is 11.4 Å². The standard InChI is InChI=1S/C26H31N3O5S/c1-6-20-13-18(9-10-27-20)25-29-23(16(4)35-25)24(30)28-14-19-11-17(7-8-21(19)33-5)12-22(26(31)32)34-15(2)3/h7-11,13,15,22H,6,12,14H2,1-5H3,(H,28,30)(H,31,32). The average molecular weight is 498 g/mol. The van der Waals surface area contributed by atoms with Crippen LogP contribution in [0.5, 0.6) is 5.75 Å². The van der Waals surface area contributed by atoms with Gasteiger partial charge in [0.2, 0.25) is 0 Å². The van der Waals surface area contributed by atoms with Gasteiger partial charge in [0.05, 0.1) is 13.2 Å². The number of carboxylic acid groups (broad SMARTS) is 1. The highest BCUT2D eigenvalue weighted by Gasteiger charge is 2.21. The normalized spacial score (nSPS) is 11.9. The van der Waals surface area contributed by atoms with Gasteiger partial charge < -0.3 is 19.9 Å². The number of hydrogen-bond acceptors (Lipinski definition) is 7. The molecule has 35 heavy (non-hydrogen) atoms. The zero-order valence-corrected chi connectivity index (χ0v) is 21.4. The van der Waals surface area contributed by atoms with Crippen LogP contribution in [0.25, 0.3) is 10.6 Å². The first-order valence-corrected chi connectivity index (χ1v) is 12.3. The summed E-state index contributed by atoms with van der Waals surface area (Å²) >= 11 is 1.47. The molecule has 2 aromatic heterocycles. The van der Waals surface area contributed by atoms with Gasteiger partial charge in [-0.1, -0.05) is 19.1 Å². The fourth-order valence-corrected chi connectivity index (χ4v) is 4.53. The SMILES string of the molecule is CCc1cc(-c2nc(C(=O)NCc3cc(CC(OC(C)C)C(=O)O)ccc3OC)c(C)s2)ccn1. The highest BCUT2D eigenvalue weighted by Crippen LogP contribution is 2.28. The molecule has 0 spiro atoms. The second-order valence-corrected chi connectivity index (χ2v) is 9.56. The molecule has 9 heteroatoms. The van der Waals surface area contributed by atoms with E-state index in [9.17, 15) is 14.7 Å². The van der Waals surface area contributed by atoms with E-state index in [1.54, 1.807) is 39.3 Å². The minimum absolute atomic E-state index is 0.207. The van der Waals surface area contributed by atoms with Crippen molar-refractivity contribution in [3.63, 3.8) is 0 Å². The Morgan fingerprint density at radius 1 is 1.20 bits per heavy atom. The molecular weight excluding hydrogens is 466 g/mol. The van der Waals surface area contributed by atoms with Gasteiger partial charge in [0.1, 0.15) is 16.5 Å². The Morgan fingerprint density at radius 2 is 1.97 bits per heavy atom. The number of pyridine rings is 1. The van der Waals surface area contributed by atoms with Crippen LogP contribution in [0, 0.1) is 6.92 Å². The molecule has 186 valence electrons. The summed E-state index contributed by atoms with van der Waals surface area (Å²) in [5.41, 5.74) is 3.81. The van der Waals surface area contributed by atoms with Crippen molar-refractivity contribution in [2.24, 2.45) is 0 Å². The molecule has 8 nitrogen and oxygen atoms in total. The van der Waals surface area contributed by atoms with Crippen molar-refractivity contribution >= 4 is 23.2 Å². The number of methoxy groups -OCH3 is 1. The molecule has 0 aliphatic heterocycles. The van der Waals surface area contributed by atoms with Crippen LogP contribution in [-0.4, -0.2) is 46.3 Å². The van der Waals surface area contributed by atoms with Crippen molar-refractivity contribution in [1.29, 1.82) is 0 Å². The Balaban J connectivity index is 1.75. The van der Waals surface area contributed by atoms with E-state index in [0.717, 1.165) is 38.7 Å². The van der Waals surface area contributed by atoms with Gasteiger partial charge in [-0.05, 0) is 51.0 Å². The summed E-state index contributed by atoms with van der Waals surface area (Å²) in [4.78, 5) is 34.3. The molecule has 0 fully saturated rings. The first-order valence-electron chi connectivity index (χ1n) is 11.5. The van der Waals surface area contributed by atoms with E-state index in [-0.39, 0.29) is 25.0 Å². The van der Waals surface area contributed by atoms with Gasteiger partial charge in [-0.25, -0.2) is 9.78 Å². The molecule has 1 atom stereocenters. The number of ether oxygens (including phenoxy) is 2. The van der Waals surface area contributed by atoms with E-state index in [1.165, 1.54) is 11.3 Å². The molecule has 0 radical (unpaired) electrons. The van der Waals surface area contributed by atoms with Crippen LogP contribution in [-0.2, 0) is 28.9 Å². The lowest BCUT2D eigenvalue weighted by molar-refractivity contribution is -0.153. The van der Waals surface area contributed by atoms with Gasteiger partial charge in [-0.15, -0.1) is 11.3 Å². The molecule has 2 heterocycles. The molecule has 0 bridgehead atoms. The lowest BCUT2D eigenvalue weighted by Crippen LogP contribution is -2.29. The monoisotopic (exact) mass is 497 g/mol. The number of carbonyl (C=O) groups excluding carboxylic acids is 1. The van der Waals surface area contributed by atoms with Gasteiger partial charge in [0, 0.05) is 40.9 Å². The number of thiazole rings is 1. The molecule has 1 amide bonds. The topological polar surface area (TPSA) is 111 Å². The Labute approximate surface area is 209 Å². The van der Waals surface area contributed by atoms with Crippen molar-refractivity contribution in [2.75, 3.05) is 7.11 Å². The summed E-state index contributed by atoms with van der Waals surface area (Å²) < 4.78 is 11.0. The third-order valence-electron chi connectivity index (χ3n) is 5.35. The van der Waals surface area contributed by atoms with Crippen molar-refractivity contribution in [3.05, 3.63) is 63.9 Å². The van der Waals surface area contributed by atoms with Gasteiger partial charge in [-0.2, -0.15) is 0 Å². The molecule has 3 aromatic rings. The zero-order chi connectivity index (χ0) is 25.5. The number of hydrogen-bond donors (Lipinski definition) is 2. The van der Waals surface area contributed by atoms with E-state index >= 15 is 0 Å². The van der Waals surface area contributed by atoms with Crippen LogP contribution in [0.3, 0.4) is 0 Å². The fourth-order valence-electron chi connectivity index (χ4n) is 3.63. The van der Waals surface area contributed by atoms with Gasteiger partial charge in [0.25, 0.3) is 5.91 Å². The smallest absolute Gasteiger partial charge is 0.333 e. The predicted molar refractivity (Wildman–Crippen MR) is 135 cm³/mol. The maximum Gasteiger partial charge on any atom is 0.333 e. The van der Waals surface area contributed by atoms with Crippen LogP contribution in [0.1, 0.15) is 53.0 Å². The van der Waals surface area contributed by atoms with Crippen LogP contribution in [0.15, 0.2) is 36.5 Å². The number of rotatable bonds is 11. The minimum atomic E-state index is -1.01. The maximum absolute atomic E-state index is 13.0. The van der Waals surface area contributed by atoms with E-state index in [4.69, 9.17) is 9.47 Å². The van der Waals surface area contributed by atoms with Gasteiger partial charge in [0.15, 0.2) is 6.10 Å².